The fourth-order valence-electron chi connectivity index (χ4n) is 0.834. The molecule has 0 heterocycles. The Morgan fingerprint density at radius 2 is 2.00 bits per heavy atom. The number of benzene rings is 1. The lowest BCUT2D eigenvalue weighted by Crippen LogP contribution is -1.99. The maximum atomic E-state index is 13.1. The highest BCUT2D eigenvalue weighted by molar-refractivity contribution is 9.10. The van der Waals surface area contributed by atoms with Gasteiger partial charge in [-0.3, -0.25) is 4.21 Å². The highest BCUT2D eigenvalue weighted by Gasteiger charge is 2.12. The summed E-state index contributed by atoms with van der Waals surface area (Å²) in [6, 6.07) is 1.94. The van der Waals surface area contributed by atoms with Crippen molar-refractivity contribution in [3.63, 3.8) is 0 Å². The smallest absolute Gasteiger partial charge is 0.140 e. The Hall–Kier alpha value is -0.290. The Balaban J connectivity index is 3.23. The van der Waals surface area contributed by atoms with Crippen molar-refractivity contribution >= 4 is 26.7 Å². The van der Waals surface area contributed by atoms with Gasteiger partial charge in [0.25, 0.3) is 0 Å². The Morgan fingerprint density at radius 1 is 1.38 bits per heavy atom. The number of hydrogen-bond donors (Lipinski definition) is 0. The van der Waals surface area contributed by atoms with Crippen molar-refractivity contribution in [3.8, 4) is 0 Å². The van der Waals surface area contributed by atoms with Crippen molar-refractivity contribution in [1.82, 2.24) is 0 Å². The molecule has 0 bridgehead atoms. The highest BCUT2D eigenvalue weighted by Crippen LogP contribution is 2.22. The molecule has 0 aromatic heterocycles. The lowest BCUT2D eigenvalue weighted by molar-refractivity contribution is 0.567. The predicted molar refractivity (Wildman–Crippen MR) is 51.0 cm³/mol. The van der Waals surface area contributed by atoms with Gasteiger partial charge in [0.05, 0.1) is 20.2 Å². The van der Waals surface area contributed by atoms with E-state index in [4.69, 9.17) is 0 Å². The predicted octanol–water partition coefficient (Wildman–Crippen LogP) is 2.85. The minimum absolute atomic E-state index is 0.0434. The first kappa shape index (κ1) is 10.8. The highest BCUT2D eigenvalue weighted by atomic mass is 79.9. The van der Waals surface area contributed by atoms with E-state index >= 15 is 0 Å². The van der Waals surface area contributed by atoms with E-state index in [9.17, 15) is 13.0 Å². The van der Waals surface area contributed by atoms with Crippen molar-refractivity contribution in [3.05, 3.63) is 28.2 Å². The zero-order chi connectivity index (χ0) is 10.0. The summed E-state index contributed by atoms with van der Waals surface area (Å²) >= 11 is 2.84. The van der Waals surface area contributed by atoms with Crippen LogP contribution in [0.2, 0.25) is 0 Å². The fraction of sp³-hybridized carbons (Fsp3) is 0.250. The molecule has 1 aromatic rings. The molecule has 0 aliphatic heterocycles. The number of halogens is 3. The van der Waals surface area contributed by atoms with Gasteiger partial charge < -0.3 is 0 Å². The molecule has 0 aliphatic rings. The SMILES string of the molecule is CCS(=O)c1cc(F)c(Br)cc1F. The Labute approximate surface area is 85.7 Å². The monoisotopic (exact) mass is 268 g/mol. The van der Waals surface area contributed by atoms with E-state index in [0.29, 0.717) is 0 Å². The molecular formula is C8H7BrF2OS. The Kier molecular flexibility index (Phi) is 3.55. The summed E-state index contributed by atoms with van der Waals surface area (Å²) < 4.78 is 37.2. The zero-order valence-electron chi connectivity index (χ0n) is 6.81. The van der Waals surface area contributed by atoms with E-state index in [-0.39, 0.29) is 15.1 Å². The fourth-order valence-corrected chi connectivity index (χ4v) is 1.97. The third kappa shape index (κ3) is 2.34. The summed E-state index contributed by atoms with van der Waals surface area (Å²) in [5.74, 6) is -0.968. The maximum Gasteiger partial charge on any atom is 0.140 e. The Bertz CT molecular complexity index is 354. The average molecular weight is 269 g/mol. The molecule has 72 valence electrons. The van der Waals surface area contributed by atoms with Crippen LogP contribution in [-0.2, 0) is 10.8 Å². The van der Waals surface area contributed by atoms with Gasteiger partial charge in [0.15, 0.2) is 0 Å². The summed E-state index contributed by atoms with van der Waals surface area (Å²) in [6.07, 6.45) is 0. The van der Waals surface area contributed by atoms with Crippen LogP contribution < -0.4 is 0 Å². The molecule has 1 atom stereocenters. The molecule has 1 unspecified atom stereocenters. The van der Waals surface area contributed by atoms with Gasteiger partial charge in [0.1, 0.15) is 11.6 Å². The molecule has 1 rings (SSSR count). The molecule has 0 aliphatic carbocycles. The van der Waals surface area contributed by atoms with Crippen LogP contribution >= 0.6 is 15.9 Å². The van der Waals surface area contributed by atoms with Gasteiger partial charge in [-0.15, -0.1) is 0 Å². The van der Waals surface area contributed by atoms with E-state index in [1.807, 2.05) is 0 Å². The van der Waals surface area contributed by atoms with E-state index < -0.39 is 22.4 Å². The second-order valence-corrected chi connectivity index (χ2v) is 4.89. The molecule has 1 aromatic carbocycles. The lowest BCUT2D eigenvalue weighted by atomic mass is 10.3. The molecule has 0 saturated carbocycles. The average Bonchev–Trinajstić information content (AvgIpc) is 2.10. The molecule has 0 amide bonds. The van der Waals surface area contributed by atoms with Crippen LogP contribution in [0.3, 0.4) is 0 Å². The normalized spacial score (nSPS) is 12.9. The molecule has 1 nitrogen and oxygen atoms in total. The van der Waals surface area contributed by atoms with E-state index in [1.165, 1.54) is 0 Å². The van der Waals surface area contributed by atoms with Crippen molar-refractivity contribution in [1.29, 1.82) is 0 Å². The largest absolute Gasteiger partial charge is 0.254 e. The van der Waals surface area contributed by atoms with Crippen LogP contribution in [0.15, 0.2) is 21.5 Å². The lowest BCUT2D eigenvalue weighted by Gasteiger charge is -2.02. The maximum absolute atomic E-state index is 13.1. The minimum atomic E-state index is -1.46. The van der Waals surface area contributed by atoms with Gasteiger partial charge in [-0.05, 0) is 28.1 Å². The van der Waals surface area contributed by atoms with Crippen molar-refractivity contribution in [2.45, 2.75) is 11.8 Å². The second kappa shape index (κ2) is 4.28. The summed E-state index contributed by atoms with van der Waals surface area (Å²) in [5, 5.41) is 0. The molecule has 0 saturated heterocycles. The summed E-state index contributed by atoms with van der Waals surface area (Å²) in [5.41, 5.74) is 0. The quantitative estimate of drug-likeness (QED) is 0.754. The van der Waals surface area contributed by atoms with E-state index in [1.54, 1.807) is 6.92 Å². The van der Waals surface area contributed by atoms with Crippen LogP contribution in [0.1, 0.15) is 6.92 Å². The van der Waals surface area contributed by atoms with Gasteiger partial charge in [0, 0.05) is 5.75 Å². The molecule has 0 N–H and O–H groups in total. The van der Waals surface area contributed by atoms with Gasteiger partial charge in [-0.25, -0.2) is 8.78 Å². The van der Waals surface area contributed by atoms with E-state index in [0.717, 1.165) is 12.1 Å². The van der Waals surface area contributed by atoms with Crippen molar-refractivity contribution in [2.24, 2.45) is 0 Å². The van der Waals surface area contributed by atoms with Crippen LogP contribution in [0.5, 0.6) is 0 Å². The van der Waals surface area contributed by atoms with Crippen LogP contribution in [0.25, 0.3) is 0 Å². The topological polar surface area (TPSA) is 17.1 Å². The van der Waals surface area contributed by atoms with Gasteiger partial charge >= 0.3 is 0 Å². The zero-order valence-corrected chi connectivity index (χ0v) is 9.21. The number of rotatable bonds is 2. The molecule has 0 radical (unpaired) electrons. The molecule has 5 heteroatoms. The first-order valence-electron chi connectivity index (χ1n) is 3.59. The first-order chi connectivity index (χ1) is 6.06. The van der Waals surface area contributed by atoms with Crippen molar-refractivity contribution in [2.75, 3.05) is 5.75 Å². The summed E-state index contributed by atoms with van der Waals surface area (Å²) in [6.45, 7) is 1.65. The Morgan fingerprint density at radius 3 is 2.54 bits per heavy atom. The van der Waals surface area contributed by atoms with Crippen molar-refractivity contribution < 1.29 is 13.0 Å². The third-order valence-corrected chi connectivity index (χ3v) is 3.42. The van der Waals surface area contributed by atoms with Gasteiger partial charge in [0.2, 0.25) is 0 Å². The standard InChI is InChI=1S/C8H7BrF2OS/c1-2-13(12)8-4-6(10)5(9)3-7(8)11/h3-4H,2H2,1H3. The minimum Gasteiger partial charge on any atom is -0.254 e. The van der Waals surface area contributed by atoms with E-state index in [2.05, 4.69) is 15.9 Å². The third-order valence-electron chi connectivity index (χ3n) is 1.48. The van der Waals surface area contributed by atoms with Crippen LogP contribution in [0, 0.1) is 11.6 Å². The van der Waals surface area contributed by atoms with Crippen LogP contribution in [0.4, 0.5) is 8.78 Å². The second-order valence-electron chi connectivity index (χ2n) is 2.33. The summed E-state index contributed by atoms with van der Waals surface area (Å²) in [4.78, 5) is -0.0804. The first-order valence-corrected chi connectivity index (χ1v) is 5.70. The molecule has 0 spiro atoms. The molecular weight excluding hydrogens is 262 g/mol. The number of hydrogen-bond acceptors (Lipinski definition) is 1. The molecule has 13 heavy (non-hydrogen) atoms. The summed E-state index contributed by atoms with van der Waals surface area (Å²) in [7, 11) is -1.46. The van der Waals surface area contributed by atoms with Gasteiger partial charge in [-0.2, -0.15) is 0 Å². The molecule has 0 fully saturated rings. The van der Waals surface area contributed by atoms with Crippen LogP contribution in [-0.4, -0.2) is 9.96 Å². The van der Waals surface area contributed by atoms with Gasteiger partial charge in [-0.1, -0.05) is 6.92 Å².